The van der Waals surface area contributed by atoms with Crippen LogP contribution in [-0.4, -0.2) is 57.9 Å². The minimum Gasteiger partial charge on any atom is -0.508 e. The lowest BCUT2D eigenvalue weighted by atomic mass is 9.52. The Morgan fingerprint density at radius 1 is 0.860 bits per heavy atom. The van der Waals surface area contributed by atoms with Crippen molar-refractivity contribution in [3.05, 3.63) is 64.7 Å². The van der Waals surface area contributed by atoms with Crippen molar-refractivity contribution in [1.82, 2.24) is 10.2 Å². The van der Waals surface area contributed by atoms with Gasteiger partial charge in [-0.2, -0.15) is 0 Å². The molecule has 0 bridgehead atoms. The molecule has 2 saturated carbocycles. The highest BCUT2D eigenvalue weighted by Gasteiger charge is 2.56. The van der Waals surface area contributed by atoms with Crippen LogP contribution in [0.4, 0.5) is 0 Å². The van der Waals surface area contributed by atoms with E-state index in [2.05, 4.69) is 18.3 Å². The van der Waals surface area contributed by atoms with E-state index in [0.29, 0.717) is 60.1 Å². The Balaban J connectivity index is 0.848. The molecule has 0 radical (unpaired) electrons. The van der Waals surface area contributed by atoms with Crippen molar-refractivity contribution < 1.29 is 24.6 Å². The number of benzene rings is 2. The van der Waals surface area contributed by atoms with Crippen LogP contribution < -0.4 is 5.32 Å². The minimum atomic E-state index is -0.419. The molecule has 1 aliphatic heterocycles. The molecule has 1 heterocycles. The summed E-state index contributed by atoms with van der Waals surface area (Å²) in [5.41, 5.74) is 4.00. The molecular weight excluding hydrogens is 624 g/mol. The number of ketones is 1. The van der Waals surface area contributed by atoms with Gasteiger partial charge in [-0.1, -0.05) is 76.5 Å². The minimum absolute atomic E-state index is 0.0319. The molecule has 2 amide bonds. The summed E-state index contributed by atoms with van der Waals surface area (Å²) in [6, 6.07) is 12.4. The Bertz CT molecular complexity index is 1490. The molecule has 50 heavy (non-hydrogen) atoms. The van der Waals surface area contributed by atoms with Crippen LogP contribution in [0.1, 0.15) is 154 Å². The molecule has 3 aliphatic carbocycles. The second-order valence-corrected chi connectivity index (χ2v) is 16.3. The van der Waals surface area contributed by atoms with E-state index >= 15 is 0 Å². The van der Waals surface area contributed by atoms with Crippen LogP contribution in [0.25, 0.3) is 0 Å². The maximum Gasteiger partial charge on any atom is 0.254 e. The maximum absolute atomic E-state index is 13.1. The fourth-order valence-electron chi connectivity index (χ4n) is 10.4. The molecule has 272 valence electrons. The molecule has 3 N–H and O–H groups in total. The molecule has 4 aliphatic rings. The number of aromatic hydroxyl groups is 1. The summed E-state index contributed by atoms with van der Waals surface area (Å²) in [5.74, 6) is 2.65. The van der Waals surface area contributed by atoms with Crippen LogP contribution in [0.3, 0.4) is 0 Å². The van der Waals surface area contributed by atoms with Crippen molar-refractivity contribution in [3.63, 3.8) is 0 Å². The van der Waals surface area contributed by atoms with Gasteiger partial charge in [-0.3, -0.25) is 14.4 Å². The predicted octanol–water partition coefficient (Wildman–Crippen LogP) is 8.36. The van der Waals surface area contributed by atoms with Crippen molar-refractivity contribution in [3.8, 4) is 5.75 Å². The summed E-state index contributed by atoms with van der Waals surface area (Å²) in [7, 11) is 0. The van der Waals surface area contributed by atoms with E-state index in [-0.39, 0.29) is 29.1 Å². The summed E-state index contributed by atoms with van der Waals surface area (Å²) in [5, 5.41) is 24.3. The fourth-order valence-corrected chi connectivity index (χ4v) is 10.4. The number of rotatable bonds is 15. The van der Waals surface area contributed by atoms with Crippen molar-refractivity contribution in [1.29, 1.82) is 0 Å². The highest BCUT2D eigenvalue weighted by molar-refractivity contribution is 5.99. The molecule has 2 aromatic rings. The molecule has 2 aromatic carbocycles. The highest BCUT2D eigenvalue weighted by atomic mass is 16.3. The number of aliphatic hydroxyl groups excluding tert-OH is 1. The summed E-state index contributed by atoms with van der Waals surface area (Å²) in [4.78, 5) is 39.3. The van der Waals surface area contributed by atoms with Crippen LogP contribution in [0.5, 0.6) is 5.75 Å². The number of unbranched alkanes of at least 4 members (excludes halogenated alkanes) is 8. The number of phenolic OH excluding ortho intramolecular Hbond substituents is 1. The molecule has 0 spiro atoms. The number of nitrogens with one attached hydrogen (secondary N) is 1. The zero-order valence-electron chi connectivity index (χ0n) is 30.5. The first-order valence-corrected chi connectivity index (χ1v) is 19.9. The first-order valence-electron chi connectivity index (χ1n) is 19.9. The number of carbonyl (C=O) groups is 3. The van der Waals surface area contributed by atoms with Gasteiger partial charge in [-0.25, -0.2) is 0 Å². The van der Waals surface area contributed by atoms with E-state index in [1.165, 1.54) is 69.4 Å². The van der Waals surface area contributed by atoms with Gasteiger partial charge in [0.25, 0.3) is 5.91 Å². The number of phenols is 1. The number of hydrogen-bond donors (Lipinski definition) is 3. The van der Waals surface area contributed by atoms with E-state index in [1.54, 1.807) is 29.2 Å². The van der Waals surface area contributed by atoms with Gasteiger partial charge in [0.1, 0.15) is 11.8 Å². The molecule has 0 unspecified atom stereocenters. The number of nitrogens with zero attached hydrogens (tertiary/aromatic N) is 1. The lowest BCUT2D eigenvalue weighted by molar-refractivity contribution is -0.124. The fraction of sp³-hybridized carbons (Fsp3) is 0.651. The topological polar surface area (TPSA) is 107 Å². The number of aliphatic hydroxyl groups is 1. The lowest BCUT2D eigenvalue weighted by Crippen LogP contribution is -2.47. The zero-order chi connectivity index (χ0) is 35.3. The van der Waals surface area contributed by atoms with Crippen molar-refractivity contribution >= 4 is 17.6 Å². The summed E-state index contributed by atoms with van der Waals surface area (Å²) >= 11 is 0. The summed E-state index contributed by atoms with van der Waals surface area (Å²) < 4.78 is 0. The summed E-state index contributed by atoms with van der Waals surface area (Å²) in [6.07, 6.45) is 18.9. The standard InChI is InChI=1S/C43H60N2O5/c1-29(46)30-15-17-31(18-16-30)42(50)45-26-12-14-38(45)41(49)44-25-11-9-7-5-3-4-6-8-10-13-32-27-33-28-34(47)19-20-35(33)36-23-24-43(2)37(40(32)36)21-22-39(43)48/h15-20,28,32,36-40,47-48H,3-14,21-27H2,1-2H3,(H,44,49)/t32-,36-,37+,38+,39+,40-,43+/m1/s1. The number of carbonyl (C=O) groups excluding carboxylic acids is 3. The third-order valence-corrected chi connectivity index (χ3v) is 13.2. The van der Waals surface area contributed by atoms with Gasteiger partial charge in [-0.05, 0) is 129 Å². The molecule has 7 atom stereocenters. The van der Waals surface area contributed by atoms with Crippen LogP contribution in [-0.2, 0) is 11.2 Å². The van der Waals surface area contributed by atoms with E-state index < -0.39 is 6.04 Å². The predicted molar refractivity (Wildman–Crippen MR) is 197 cm³/mol. The van der Waals surface area contributed by atoms with Crippen LogP contribution in [0, 0.1) is 23.2 Å². The largest absolute Gasteiger partial charge is 0.508 e. The van der Waals surface area contributed by atoms with Gasteiger partial charge in [-0.15, -0.1) is 0 Å². The quantitative estimate of drug-likeness (QED) is 0.129. The monoisotopic (exact) mass is 684 g/mol. The lowest BCUT2D eigenvalue weighted by Gasteiger charge is -2.53. The highest BCUT2D eigenvalue weighted by Crippen LogP contribution is 2.62. The zero-order valence-corrected chi connectivity index (χ0v) is 30.5. The second-order valence-electron chi connectivity index (χ2n) is 16.3. The molecular formula is C43H60N2O5. The first-order chi connectivity index (χ1) is 24.2. The smallest absolute Gasteiger partial charge is 0.254 e. The third-order valence-electron chi connectivity index (χ3n) is 13.2. The van der Waals surface area contributed by atoms with Gasteiger partial charge in [0.05, 0.1) is 6.10 Å². The molecule has 0 aromatic heterocycles. The normalized spacial score (nSPS) is 28.5. The van der Waals surface area contributed by atoms with E-state index in [4.69, 9.17) is 0 Å². The van der Waals surface area contributed by atoms with Gasteiger partial charge in [0, 0.05) is 24.2 Å². The maximum atomic E-state index is 13.1. The number of fused-ring (bicyclic) bond motifs is 5. The van der Waals surface area contributed by atoms with Crippen LogP contribution in [0.2, 0.25) is 0 Å². The second kappa shape index (κ2) is 16.4. The van der Waals surface area contributed by atoms with E-state index in [9.17, 15) is 24.6 Å². The Morgan fingerprint density at radius 2 is 1.54 bits per heavy atom. The summed E-state index contributed by atoms with van der Waals surface area (Å²) in [6.45, 7) is 5.10. The molecule has 7 heteroatoms. The van der Waals surface area contributed by atoms with E-state index in [0.717, 1.165) is 51.4 Å². The molecule has 7 nitrogen and oxygen atoms in total. The Labute approximate surface area is 299 Å². The Hall–Kier alpha value is -3.19. The number of amides is 2. The van der Waals surface area contributed by atoms with Crippen molar-refractivity contribution in [2.45, 2.75) is 141 Å². The van der Waals surface area contributed by atoms with Gasteiger partial charge < -0.3 is 20.4 Å². The Morgan fingerprint density at radius 3 is 2.26 bits per heavy atom. The van der Waals surface area contributed by atoms with Crippen molar-refractivity contribution in [2.75, 3.05) is 13.1 Å². The average Bonchev–Trinajstić information content (AvgIpc) is 3.72. The van der Waals surface area contributed by atoms with Gasteiger partial charge in [0.15, 0.2) is 5.78 Å². The molecule has 3 fully saturated rings. The van der Waals surface area contributed by atoms with E-state index in [1.807, 2.05) is 12.1 Å². The van der Waals surface area contributed by atoms with Crippen LogP contribution in [0.15, 0.2) is 42.5 Å². The third kappa shape index (κ3) is 7.98. The number of Topliss-reactive ketones (excluding diaryl/α,β-unsaturated/α-hetero) is 1. The number of likely N-dealkylation sites (tertiary alicyclic amines) is 1. The Kier molecular flexibility index (Phi) is 12.0. The molecule has 6 rings (SSSR count). The first kappa shape index (κ1) is 36.6. The number of hydrogen-bond acceptors (Lipinski definition) is 5. The molecule has 1 saturated heterocycles. The SMILES string of the molecule is CC(=O)c1ccc(C(=O)N2CCC[C@H]2C(=O)NCCCCCCCCCCC[C@@H]2Cc3cc(O)ccc3[C@H]3CC[C@]4(C)[C@@H](O)CC[C@H]4[C@H]23)cc1. The van der Waals surface area contributed by atoms with Gasteiger partial charge in [0.2, 0.25) is 5.91 Å². The van der Waals surface area contributed by atoms with Crippen molar-refractivity contribution in [2.24, 2.45) is 23.2 Å². The van der Waals surface area contributed by atoms with Crippen LogP contribution >= 0.6 is 0 Å². The average molecular weight is 685 g/mol. The van der Waals surface area contributed by atoms with Gasteiger partial charge >= 0.3 is 0 Å².